The van der Waals surface area contributed by atoms with Gasteiger partial charge in [0.25, 0.3) is 0 Å². The lowest BCUT2D eigenvalue weighted by molar-refractivity contribution is -0.932. The van der Waals surface area contributed by atoms with Gasteiger partial charge in [0, 0.05) is 40.3 Å². The van der Waals surface area contributed by atoms with Crippen molar-refractivity contribution in [1.29, 1.82) is 0 Å². The second kappa shape index (κ2) is 28.7. The molecule has 14 atom stereocenters. The molecule has 4 fully saturated rings. The van der Waals surface area contributed by atoms with Crippen molar-refractivity contribution in [2.45, 2.75) is 206 Å². The number of unbranched alkanes of at least 4 members (excludes halogenated alkanes) is 10. The SMILES string of the molecule is CCCCCCCCCCCC[N+]1(CCCC)CCN(CC(=O)O[C@H]2CCC[C@H](CC)OC(=O)C[C@@H]3C(=C[C@@H]4[C@H]3C=C[C@@H]3C[C@@H](O[C@@H]5O[C@@H](C)[C@H](OC)[C@@H](OC)[C@H]5OC)C[C@@H]43)C(=O)[C@@H]2C)CC1.[I-]. The Bertz CT molecular complexity index is 1600. The third-order valence-electron chi connectivity index (χ3n) is 17.0. The van der Waals surface area contributed by atoms with Gasteiger partial charge < -0.3 is 61.6 Å². The zero-order chi connectivity index (χ0) is 47.9. The second-order valence-corrected chi connectivity index (χ2v) is 21.5. The summed E-state index contributed by atoms with van der Waals surface area (Å²) in [5.41, 5.74) is 0.695. The number of methoxy groups -OCH3 is 3. The van der Waals surface area contributed by atoms with Crippen LogP contribution >= 0.6 is 0 Å². The van der Waals surface area contributed by atoms with Gasteiger partial charge in [-0.3, -0.25) is 19.3 Å². The minimum atomic E-state index is -0.616. The number of allylic oxidation sites excluding steroid dienone is 4. The lowest BCUT2D eigenvalue weighted by atomic mass is 9.70. The fourth-order valence-electron chi connectivity index (χ4n) is 12.9. The number of halogens is 1. The molecule has 12 nitrogen and oxygen atoms in total. The van der Waals surface area contributed by atoms with E-state index in [-0.39, 0.29) is 115 Å². The summed E-state index contributed by atoms with van der Waals surface area (Å²) in [7, 11) is 4.97. The van der Waals surface area contributed by atoms with Crippen LogP contribution in [0, 0.1) is 35.5 Å². The van der Waals surface area contributed by atoms with Crippen LogP contribution in [0.15, 0.2) is 23.8 Å². The molecule has 390 valence electrons. The summed E-state index contributed by atoms with van der Waals surface area (Å²) in [5, 5.41) is 0. The number of esters is 2. The Morgan fingerprint density at radius 2 is 1.43 bits per heavy atom. The van der Waals surface area contributed by atoms with Crippen LogP contribution in [0.2, 0.25) is 0 Å². The average molecular weight is 1070 g/mol. The van der Waals surface area contributed by atoms with Crippen LogP contribution in [0.25, 0.3) is 0 Å². The molecule has 0 amide bonds. The van der Waals surface area contributed by atoms with Crippen molar-refractivity contribution in [2.75, 3.05) is 67.1 Å². The van der Waals surface area contributed by atoms with Gasteiger partial charge in [-0.2, -0.15) is 0 Å². The fourth-order valence-corrected chi connectivity index (χ4v) is 12.9. The average Bonchev–Trinajstić information content (AvgIpc) is 3.91. The number of piperazine rings is 1. The highest BCUT2D eigenvalue weighted by Gasteiger charge is 2.53. The Kier molecular flexibility index (Phi) is 24.2. The first kappa shape index (κ1) is 57.4. The summed E-state index contributed by atoms with van der Waals surface area (Å²) >= 11 is 0. The number of rotatable bonds is 23. The van der Waals surface area contributed by atoms with E-state index in [1.54, 1.807) is 21.3 Å². The zero-order valence-corrected chi connectivity index (χ0v) is 45.7. The fraction of sp³-hybridized carbons (Fsp3) is 0.873. The lowest BCUT2D eigenvalue weighted by Crippen LogP contribution is -3.00. The normalized spacial score (nSPS) is 35.2. The molecule has 0 aromatic carbocycles. The van der Waals surface area contributed by atoms with Gasteiger partial charge in [-0.25, -0.2) is 0 Å². The van der Waals surface area contributed by atoms with Crippen molar-refractivity contribution in [2.24, 2.45) is 35.5 Å². The maximum Gasteiger partial charge on any atom is 0.320 e. The number of nitrogens with zero attached hydrogens (tertiary/aromatic N) is 2. The first-order valence-corrected chi connectivity index (χ1v) is 27.3. The topological polar surface area (TPSA) is 119 Å². The number of quaternary nitrogens is 1. The van der Waals surface area contributed by atoms with E-state index >= 15 is 0 Å². The second-order valence-electron chi connectivity index (χ2n) is 21.5. The number of hydrogen-bond donors (Lipinski definition) is 0. The van der Waals surface area contributed by atoms with Crippen molar-refractivity contribution >= 4 is 17.7 Å². The van der Waals surface area contributed by atoms with E-state index in [2.05, 4.69) is 43.9 Å². The number of Topliss-reactive ketones (excluding diaryl/α,β-unsaturated/α-hetero) is 1. The molecule has 0 N–H and O–H groups in total. The van der Waals surface area contributed by atoms with Gasteiger partial charge in [0.05, 0.1) is 57.3 Å². The molecule has 13 heteroatoms. The van der Waals surface area contributed by atoms with Crippen LogP contribution in [0.1, 0.15) is 157 Å². The molecule has 0 aromatic rings. The number of cyclic esters (lactones) is 1. The Morgan fingerprint density at radius 1 is 0.779 bits per heavy atom. The predicted octanol–water partition coefficient (Wildman–Crippen LogP) is 6.42. The number of ether oxygens (including phenoxy) is 7. The first-order chi connectivity index (χ1) is 32.5. The number of fused-ring (bicyclic) bond motifs is 5. The number of ketones is 1. The first-order valence-electron chi connectivity index (χ1n) is 27.3. The minimum Gasteiger partial charge on any atom is -1.00 e. The summed E-state index contributed by atoms with van der Waals surface area (Å²) in [4.78, 5) is 44.7. The molecule has 68 heavy (non-hydrogen) atoms. The summed E-state index contributed by atoms with van der Waals surface area (Å²) in [5.74, 6) is -0.766. The van der Waals surface area contributed by atoms with E-state index in [0.717, 1.165) is 39.0 Å². The van der Waals surface area contributed by atoms with Gasteiger partial charge in [0.1, 0.15) is 30.5 Å². The van der Waals surface area contributed by atoms with Crippen LogP contribution in [0.5, 0.6) is 0 Å². The number of carbonyl (C=O) groups is 3. The Morgan fingerprint density at radius 3 is 2.07 bits per heavy atom. The molecule has 0 unspecified atom stereocenters. The molecule has 0 bridgehead atoms. The van der Waals surface area contributed by atoms with Crippen molar-refractivity contribution in [3.05, 3.63) is 23.8 Å². The van der Waals surface area contributed by atoms with Crippen molar-refractivity contribution in [3.63, 3.8) is 0 Å². The van der Waals surface area contributed by atoms with Gasteiger partial charge in [-0.1, -0.05) is 104 Å². The molecule has 3 heterocycles. The molecule has 3 aliphatic heterocycles. The molecule has 0 aromatic heterocycles. The predicted molar refractivity (Wildman–Crippen MR) is 261 cm³/mol. The molecule has 6 aliphatic rings. The van der Waals surface area contributed by atoms with E-state index < -0.39 is 24.4 Å². The third-order valence-corrected chi connectivity index (χ3v) is 17.0. The van der Waals surface area contributed by atoms with E-state index in [1.165, 1.54) is 94.6 Å². The summed E-state index contributed by atoms with van der Waals surface area (Å²) in [6.45, 7) is 17.2. The molecule has 3 saturated heterocycles. The molecule has 0 spiro atoms. The standard InChI is InChI=1S/C55H93N2O10.HI/c1-9-12-14-15-16-17-18-19-20-21-30-57(29-13-10-2)31-27-56(28-32-57)37-50(59)67-48-24-22-23-41(11-3)65-49(58)36-46-43-26-25-40-33-42(34-44(40)45(43)35-47(46)51(60)38(48)4)66-55-54(63-8)53(62-7)52(61-6)39(5)64-55;/h25-26,35,38-46,48,52-55H,9-24,27-34,36-37H2,1-8H3;1H/q+1;/p-1/t38-,39+,40-,41+,42-,43-,44-,45-,46+,48+,52+,53-,54-,55+;/m1./s1. The van der Waals surface area contributed by atoms with Crippen LogP contribution in [-0.2, 0) is 47.5 Å². The largest absolute Gasteiger partial charge is 1.00 e. The Labute approximate surface area is 428 Å². The van der Waals surface area contributed by atoms with Crippen LogP contribution in [-0.4, -0.2) is 143 Å². The molecule has 3 aliphatic carbocycles. The van der Waals surface area contributed by atoms with Crippen LogP contribution in [0.4, 0.5) is 0 Å². The van der Waals surface area contributed by atoms with E-state index in [0.29, 0.717) is 31.3 Å². The van der Waals surface area contributed by atoms with Crippen LogP contribution in [0.3, 0.4) is 0 Å². The summed E-state index contributed by atoms with van der Waals surface area (Å²) in [6, 6.07) is 0. The van der Waals surface area contributed by atoms with Gasteiger partial charge >= 0.3 is 11.9 Å². The van der Waals surface area contributed by atoms with Gasteiger partial charge in [0.2, 0.25) is 0 Å². The number of hydrogen-bond acceptors (Lipinski definition) is 11. The minimum absolute atomic E-state index is 0. The van der Waals surface area contributed by atoms with Gasteiger partial charge in [0.15, 0.2) is 12.1 Å². The Hall–Kier alpha value is -1.46. The quantitative estimate of drug-likeness (QED) is 0.0372. The highest BCUT2D eigenvalue weighted by Crippen LogP contribution is 2.54. The molecule has 1 saturated carbocycles. The zero-order valence-electron chi connectivity index (χ0n) is 43.6. The summed E-state index contributed by atoms with van der Waals surface area (Å²) in [6.07, 6.45) is 24.3. The maximum atomic E-state index is 14.9. The van der Waals surface area contributed by atoms with Crippen molar-refractivity contribution in [1.82, 2.24) is 4.90 Å². The maximum absolute atomic E-state index is 14.9. The highest BCUT2D eigenvalue weighted by molar-refractivity contribution is 5.99. The lowest BCUT2D eigenvalue weighted by Gasteiger charge is -2.45. The molecular formula is C55H93IN2O10. The van der Waals surface area contributed by atoms with Crippen molar-refractivity contribution in [3.8, 4) is 0 Å². The van der Waals surface area contributed by atoms with Gasteiger partial charge in [-0.15, -0.1) is 0 Å². The van der Waals surface area contributed by atoms with E-state index in [4.69, 9.17) is 33.2 Å². The van der Waals surface area contributed by atoms with E-state index in [9.17, 15) is 14.4 Å². The highest BCUT2D eigenvalue weighted by atomic mass is 127. The monoisotopic (exact) mass is 1070 g/mol. The van der Waals surface area contributed by atoms with Crippen LogP contribution < -0.4 is 24.0 Å². The number of carbonyl (C=O) groups excluding carboxylic acids is 3. The van der Waals surface area contributed by atoms with Crippen molar-refractivity contribution < 1.29 is 76.0 Å². The molecule has 0 radical (unpaired) electrons. The third kappa shape index (κ3) is 15.1. The summed E-state index contributed by atoms with van der Waals surface area (Å²) < 4.78 is 44.2. The van der Waals surface area contributed by atoms with E-state index in [1.807, 2.05) is 13.8 Å². The van der Waals surface area contributed by atoms with Gasteiger partial charge in [-0.05, 0) is 94.0 Å². The smallest absolute Gasteiger partial charge is 0.320 e. The Balaban J connectivity index is 0.00000864. The molecule has 6 rings (SSSR count). The molecular weight excluding hydrogens is 976 g/mol.